The molecule has 1 aromatic carbocycles. The van der Waals surface area contributed by atoms with Gasteiger partial charge in [-0.3, -0.25) is 0 Å². The molecule has 1 rings (SSSR count). The van der Waals surface area contributed by atoms with Gasteiger partial charge in [-0.25, -0.2) is 0 Å². The van der Waals surface area contributed by atoms with Crippen molar-refractivity contribution < 1.29 is 0 Å². The van der Waals surface area contributed by atoms with Crippen molar-refractivity contribution in [3.05, 3.63) is 35.9 Å². The van der Waals surface area contributed by atoms with Gasteiger partial charge >= 0.3 is 7.42 Å². The van der Waals surface area contributed by atoms with Crippen LogP contribution in [-0.2, 0) is 0 Å². The maximum atomic E-state index is 5.98. The van der Waals surface area contributed by atoms with Crippen LogP contribution in [0.3, 0.4) is 0 Å². The second kappa shape index (κ2) is 7.10. The van der Waals surface area contributed by atoms with Crippen LogP contribution in [0.25, 0.3) is 6.08 Å². The monoisotopic (exact) mass is 257 g/mol. The molecule has 0 heterocycles. The first-order chi connectivity index (χ1) is 7.25. The third kappa shape index (κ3) is 4.41. The molecular weight excluding hydrogens is 243 g/mol. The highest BCUT2D eigenvalue weighted by molar-refractivity contribution is 7.39. The van der Waals surface area contributed by atoms with E-state index in [1.165, 1.54) is 12.8 Å². The van der Waals surface area contributed by atoms with Gasteiger partial charge in [-0.15, -0.1) is 22.2 Å². The molecule has 0 amide bonds. The lowest BCUT2D eigenvalue weighted by atomic mass is 10.1. The van der Waals surface area contributed by atoms with Crippen LogP contribution >= 0.6 is 22.2 Å². The fraction of sp³-hybridized carbons (Fsp3) is 0.333. The average Bonchev–Trinajstić information content (AvgIpc) is 2.25. The molecular formula is C12H15Cl2Si. The van der Waals surface area contributed by atoms with Gasteiger partial charge in [-0.2, -0.15) is 0 Å². The van der Waals surface area contributed by atoms with E-state index in [2.05, 4.69) is 25.1 Å². The van der Waals surface area contributed by atoms with E-state index in [4.69, 9.17) is 22.2 Å². The van der Waals surface area contributed by atoms with Gasteiger partial charge < -0.3 is 0 Å². The standard InChI is InChI=1S/C12H15Cl2Si/c1-2-3-4-5-8-11-9-6-7-10-12(11)15(13)14/h5-10H,2-4H2,1H3. The predicted octanol–water partition coefficient (Wildman–Crippen LogP) is 4.06. The van der Waals surface area contributed by atoms with E-state index in [-0.39, 0.29) is 0 Å². The van der Waals surface area contributed by atoms with Gasteiger partial charge in [0.15, 0.2) is 0 Å². The second-order valence-electron chi connectivity index (χ2n) is 3.39. The molecule has 0 aliphatic carbocycles. The van der Waals surface area contributed by atoms with Gasteiger partial charge in [0, 0.05) is 0 Å². The van der Waals surface area contributed by atoms with Crippen LogP contribution in [0, 0.1) is 0 Å². The minimum atomic E-state index is -1.39. The summed E-state index contributed by atoms with van der Waals surface area (Å²) < 4.78 is 0. The quantitative estimate of drug-likeness (QED) is 0.424. The summed E-state index contributed by atoms with van der Waals surface area (Å²) >= 11 is 12.0. The van der Waals surface area contributed by atoms with Gasteiger partial charge in [-0.1, -0.05) is 56.2 Å². The fourth-order valence-corrected chi connectivity index (χ4v) is 2.99. The lowest BCUT2D eigenvalue weighted by molar-refractivity contribution is 0.816. The maximum absolute atomic E-state index is 5.98. The third-order valence-corrected chi connectivity index (χ3v) is 4.27. The summed E-state index contributed by atoms with van der Waals surface area (Å²) in [5.41, 5.74) is 1.16. The van der Waals surface area contributed by atoms with Crippen LogP contribution in [0.15, 0.2) is 30.3 Å². The normalized spacial score (nSPS) is 11.5. The number of hydrogen-bond acceptors (Lipinski definition) is 0. The van der Waals surface area contributed by atoms with Crippen LogP contribution < -0.4 is 5.19 Å². The summed E-state index contributed by atoms with van der Waals surface area (Å²) in [5, 5.41) is 1.08. The number of hydrogen-bond donors (Lipinski definition) is 0. The van der Waals surface area contributed by atoms with Crippen molar-refractivity contribution >= 4 is 40.8 Å². The summed E-state index contributed by atoms with van der Waals surface area (Å²) in [5.74, 6) is 0. The predicted molar refractivity (Wildman–Crippen MR) is 72.1 cm³/mol. The smallest absolute Gasteiger partial charge is 0.140 e. The Morgan fingerprint density at radius 1 is 1.27 bits per heavy atom. The van der Waals surface area contributed by atoms with Crippen molar-refractivity contribution in [3.8, 4) is 0 Å². The third-order valence-electron chi connectivity index (χ3n) is 2.19. The van der Waals surface area contributed by atoms with Crippen LogP contribution in [0.2, 0.25) is 0 Å². The summed E-state index contributed by atoms with van der Waals surface area (Å²) in [7, 11) is -1.39. The summed E-state index contributed by atoms with van der Waals surface area (Å²) in [6.07, 6.45) is 7.91. The summed E-state index contributed by atoms with van der Waals surface area (Å²) in [4.78, 5) is 0. The van der Waals surface area contributed by atoms with Gasteiger partial charge in [-0.05, 0) is 17.2 Å². The van der Waals surface area contributed by atoms with Crippen molar-refractivity contribution in [2.75, 3.05) is 0 Å². The molecule has 3 heteroatoms. The molecule has 0 saturated heterocycles. The first-order valence-electron chi connectivity index (χ1n) is 5.19. The van der Waals surface area contributed by atoms with E-state index in [9.17, 15) is 0 Å². The molecule has 1 aromatic rings. The first kappa shape index (κ1) is 12.8. The Bertz CT molecular complexity index is 321. The number of unbranched alkanes of at least 4 members (excludes halogenated alkanes) is 2. The van der Waals surface area contributed by atoms with Crippen LogP contribution in [-0.4, -0.2) is 7.42 Å². The Kier molecular flexibility index (Phi) is 6.07. The average molecular weight is 258 g/mol. The molecule has 0 unspecified atom stereocenters. The SMILES string of the molecule is CCCCC=Cc1ccccc1[Si](Cl)Cl. The van der Waals surface area contributed by atoms with Gasteiger partial charge in [0.05, 0.1) is 0 Å². The molecule has 0 spiro atoms. The minimum absolute atomic E-state index is 1.08. The lowest BCUT2D eigenvalue weighted by Gasteiger charge is -2.03. The first-order valence-corrected chi connectivity index (χ1v) is 8.72. The molecule has 0 saturated carbocycles. The number of benzene rings is 1. The Hall–Kier alpha value is -0.243. The molecule has 15 heavy (non-hydrogen) atoms. The highest BCUT2D eigenvalue weighted by Crippen LogP contribution is 2.07. The second-order valence-corrected chi connectivity index (χ2v) is 7.30. The van der Waals surface area contributed by atoms with E-state index in [0.717, 1.165) is 17.2 Å². The Balaban J connectivity index is 2.71. The molecule has 0 atom stereocenters. The maximum Gasteiger partial charge on any atom is 0.307 e. The summed E-state index contributed by atoms with van der Waals surface area (Å²) in [6, 6.07) is 8.07. The van der Waals surface area contributed by atoms with Crippen LogP contribution in [0.5, 0.6) is 0 Å². The van der Waals surface area contributed by atoms with Crippen molar-refractivity contribution in [1.29, 1.82) is 0 Å². The molecule has 1 radical (unpaired) electrons. The molecule has 0 N–H and O–H groups in total. The Labute approximate surface area is 103 Å². The van der Waals surface area contributed by atoms with E-state index in [0.29, 0.717) is 0 Å². The largest absolute Gasteiger partial charge is 0.307 e. The van der Waals surface area contributed by atoms with E-state index in [1.807, 2.05) is 18.2 Å². The zero-order valence-electron chi connectivity index (χ0n) is 8.84. The van der Waals surface area contributed by atoms with Crippen molar-refractivity contribution in [1.82, 2.24) is 0 Å². The molecule has 0 nitrogen and oxygen atoms in total. The van der Waals surface area contributed by atoms with Crippen LogP contribution in [0.1, 0.15) is 31.7 Å². The molecule has 0 fully saturated rings. The zero-order chi connectivity index (χ0) is 11.1. The van der Waals surface area contributed by atoms with Gasteiger partial charge in [0.2, 0.25) is 0 Å². The van der Waals surface area contributed by atoms with Crippen LogP contribution in [0.4, 0.5) is 0 Å². The fourth-order valence-electron chi connectivity index (χ4n) is 1.35. The summed E-state index contributed by atoms with van der Waals surface area (Å²) in [6.45, 7) is 2.19. The van der Waals surface area contributed by atoms with Gasteiger partial charge in [0.25, 0.3) is 0 Å². The number of allylic oxidation sites excluding steroid dienone is 1. The zero-order valence-corrected chi connectivity index (χ0v) is 11.4. The van der Waals surface area contributed by atoms with Crippen molar-refractivity contribution in [2.24, 2.45) is 0 Å². The Morgan fingerprint density at radius 3 is 2.67 bits per heavy atom. The molecule has 0 bridgehead atoms. The molecule has 0 aliphatic rings. The van der Waals surface area contributed by atoms with E-state index < -0.39 is 7.42 Å². The van der Waals surface area contributed by atoms with E-state index >= 15 is 0 Å². The molecule has 81 valence electrons. The highest BCUT2D eigenvalue weighted by atomic mass is 35.7. The Morgan fingerprint density at radius 2 is 2.00 bits per heavy atom. The minimum Gasteiger partial charge on any atom is -0.140 e. The molecule has 0 aliphatic heterocycles. The van der Waals surface area contributed by atoms with Gasteiger partial charge in [0.1, 0.15) is 0 Å². The number of halogens is 2. The van der Waals surface area contributed by atoms with E-state index in [1.54, 1.807) is 0 Å². The highest BCUT2D eigenvalue weighted by Gasteiger charge is 2.09. The van der Waals surface area contributed by atoms with Crippen molar-refractivity contribution in [2.45, 2.75) is 26.2 Å². The molecule has 0 aromatic heterocycles. The number of rotatable bonds is 5. The lowest BCUT2D eigenvalue weighted by Crippen LogP contribution is -2.20. The van der Waals surface area contributed by atoms with Crippen molar-refractivity contribution in [3.63, 3.8) is 0 Å². The topological polar surface area (TPSA) is 0 Å².